The van der Waals surface area contributed by atoms with Crippen molar-refractivity contribution in [2.45, 2.75) is 39.8 Å². The third-order valence-corrected chi connectivity index (χ3v) is 1.88. The van der Waals surface area contributed by atoms with Gasteiger partial charge in [-0.3, -0.25) is 4.79 Å². The Balaban J connectivity index is 4.02. The predicted octanol–water partition coefficient (Wildman–Crippen LogP) is 0.520. The van der Waals surface area contributed by atoms with E-state index >= 15 is 0 Å². The Labute approximate surface area is 95.9 Å². The molecule has 5 nitrogen and oxygen atoms in total. The maximum absolute atomic E-state index is 11.5. The van der Waals surface area contributed by atoms with Crippen LogP contribution in [0.15, 0.2) is 11.6 Å². The third-order valence-electron chi connectivity index (χ3n) is 1.88. The summed E-state index contributed by atoms with van der Waals surface area (Å²) in [4.78, 5) is 21.8. The minimum Gasteiger partial charge on any atom is -0.478 e. The zero-order valence-corrected chi connectivity index (χ0v) is 10.2. The zero-order chi connectivity index (χ0) is 12.7. The van der Waals surface area contributed by atoms with E-state index in [1.807, 2.05) is 13.8 Å². The van der Waals surface area contributed by atoms with Crippen molar-refractivity contribution in [3.05, 3.63) is 11.6 Å². The Bertz CT molecular complexity index is 285. The lowest BCUT2D eigenvalue weighted by Gasteiger charge is -2.15. The number of nitrogens with one attached hydrogen (secondary N) is 2. The molecule has 92 valence electrons. The van der Waals surface area contributed by atoms with Crippen molar-refractivity contribution in [1.82, 2.24) is 10.6 Å². The molecule has 1 atom stereocenters. The van der Waals surface area contributed by atoms with Crippen molar-refractivity contribution in [2.24, 2.45) is 0 Å². The summed E-state index contributed by atoms with van der Waals surface area (Å²) in [6.45, 7) is 7.61. The van der Waals surface area contributed by atoms with Crippen LogP contribution in [0.25, 0.3) is 0 Å². The minimum absolute atomic E-state index is 0.0851. The fraction of sp³-hybridized carbons (Fsp3) is 0.636. The molecule has 0 aliphatic rings. The van der Waals surface area contributed by atoms with Crippen LogP contribution in [0, 0.1) is 0 Å². The van der Waals surface area contributed by atoms with Crippen LogP contribution in [0.5, 0.6) is 0 Å². The molecule has 3 N–H and O–H groups in total. The molecule has 0 bridgehead atoms. The second-order valence-corrected chi connectivity index (χ2v) is 4.09. The van der Waals surface area contributed by atoms with Crippen molar-refractivity contribution >= 4 is 11.9 Å². The van der Waals surface area contributed by atoms with E-state index in [9.17, 15) is 9.59 Å². The van der Waals surface area contributed by atoms with Gasteiger partial charge >= 0.3 is 5.97 Å². The molecule has 0 fully saturated rings. The first-order valence-corrected chi connectivity index (χ1v) is 5.26. The quantitative estimate of drug-likeness (QED) is 0.579. The van der Waals surface area contributed by atoms with E-state index in [4.69, 9.17) is 5.11 Å². The first-order chi connectivity index (χ1) is 7.32. The summed E-state index contributed by atoms with van der Waals surface area (Å²) >= 11 is 0. The van der Waals surface area contributed by atoms with Crippen molar-refractivity contribution in [3.63, 3.8) is 0 Å². The normalized spacial score (nSPS) is 13.7. The van der Waals surface area contributed by atoms with Gasteiger partial charge in [0.25, 0.3) is 0 Å². The summed E-state index contributed by atoms with van der Waals surface area (Å²) in [5, 5.41) is 14.2. The van der Waals surface area contributed by atoms with E-state index < -0.39 is 5.97 Å². The Hall–Kier alpha value is -1.36. The maximum atomic E-state index is 11.5. The third kappa shape index (κ3) is 7.00. The van der Waals surface area contributed by atoms with Crippen LogP contribution >= 0.6 is 0 Å². The second-order valence-electron chi connectivity index (χ2n) is 4.09. The molecule has 0 aromatic carbocycles. The molecule has 1 unspecified atom stereocenters. The summed E-state index contributed by atoms with van der Waals surface area (Å²) in [5.41, 5.74) is 0.677. The van der Waals surface area contributed by atoms with Crippen molar-refractivity contribution in [3.8, 4) is 0 Å². The molecule has 0 saturated heterocycles. The fourth-order valence-corrected chi connectivity index (χ4v) is 1.08. The van der Waals surface area contributed by atoms with Crippen LogP contribution in [0.2, 0.25) is 0 Å². The molecule has 0 saturated carbocycles. The lowest BCUT2D eigenvalue weighted by atomic mass is 10.2. The molecule has 0 radical (unpaired) electrons. The van der Waals surface area contributed by atoms with Crippen LogP contribution < -0.4 is 10.6 Å². The topological polar surface area (TPSA) is 78.4 Å². The molecule has 0 aliphatic carbocycles. The summed E-state index contributed by atoms with van der Waals surface area (Å²) in [6, 6.07) is -0.230. The van der Waals surface area contributed by atoms with Crippen molar-refractivity contribution < 1.29 is 14.7 Å². The molecular weight excluding hydrogens is 208 g/mol. The van der Waals surface area contributed by atoms with E-state index in [-0.39, 0.29) is 18.0 Å². The van der Waals surface area contributed by atoms with Crippen LogP contribution in [-0.2, 0) is 9.59 Å². The van der Waals surface area contributed by atoms with E-state index in [1.54, 1.807) is 13.8 Å². The molecule has 0 aliphatic heterocycles. The fourth-order valence-electron chi connectivity index (χ4n) is 1.08. The van der Waals surface area contributed by atoms with Gasteiger partial charge in [-0.25, -0.2) is 4.79 Å². The summed E-state index contributed by atoms with van der Waals surface area (Å²) in [5.74, 6) is -1.06. The van der Waals surface area contributed by atoms with Gasteiger partial charge in [0.1, 0.15) is 0 Å². The first-order valence-electron chi connectivity index (χ1n) is 5.26. The average molecular weight is 228 g/mol. The van der Waals surface area contributed by atoms with E-state index in [0.717, 1.165) is 6.08 Å². The standard InChI is InChI=1S/C11H20N2O3/c1-7(2)13-11(16)9(4)12-6-8(3)5-10(14)15/h5,7,9,12H,6H2,1-4H3,(H,13,16)(H,14,15). The number of carboxylic acid groups (broad SMARTS) is 1. The Kier molecular flexibility index (Phi) is 6.41. The number of carbonyl (C=O) groups is 2. The second kappa shape index (κ2) is 7.00. The van der Waals surface area contributed by atoms with Gasteiger partial charge in [-0.2, -0.15) is 0 Å². The highest BCUT2D eigenvalue weighted by Gasteiger charge is 2.12. The van der Waals surface area contributed by atoms with Gasteiger partial charge in [-0.1, -0.05) is 5.57 Å². The highest BCUT2D eigenvalue weighted by molar-refractivity contribution is 5.82. The summed E-state index contributed by atoms with van der Waals surface area (Å²) in [6.07, 6.45) is 1.13. The molecule has 0 heterocycles. The van der Waals surface area contributed by atoms with Gasteiger partial charge in [-0.05, 0) is 27.7 Å². The predicted molar refractivity (Wildman–Crippen MR) is 62.1 cm³/mol. The first kappa shape index (κ1) is 14.6. The smallest absolute Gasteiger partial charge is 0.328 e. The number of carbonyl (C=O) groups excluding carboxylic acids is 1. The molecule has 16 heavy (non-hydrogen) atoms. The van der Waals surface area contributed by atoms with Gasteiger partial charge in [0.15, 0.2) is 0 Å². The molecule has 0 spiro atoms. The molecule has 0 aromatic rings. The molecule has 5 heteroatoms. The van der Waals surface area contributed by atoms with Crippen LogP contribution in [-0.4, -0.2) is 35.6 Å². The van der Waals surface area contributed by atoms with Gasteiger partial charge in [0.05, 0.1) is 6.04 Å². The summed E-state index contributed by atoms with van der Waals surface area (Å²) in [7, 11) is 0. The van der Waals surface area contributed by atoms with Crippen molar-refractivity contribution in [1.29, 1.82) is 0 Å². The monoisotopic (exact) mass is 228 g/mol. The lowest BCUT2D eigenvalue weighted by molar-refractivity contribution is -0.131. The van der Waals surface area contributed by atoms with Gasteiger partial charge < -0.3 is 15.7 Å². The number of rotatable bonds is 6. The maximum Gasteiger partial charge on any atom is 0.328 e. The molecule has 0 aromatic heterocycles. The van der Waals surface area contributed by atoms with Gasteiger partial charge in [0.2, 0.25) is 5.91 Å². The van der Waals surface area contributed by atoms with Crippen molar-refractivity contribution in [2.75, 3.05) is 6.54 Å². The number of aliphatic carboxylic acids is 1. The number of carboxylic acids is 1. The molecule has 0 rings (SSSR count). The minimum atomic E-state index is -0.974. The Morgan fingerprint density at radius 3 is 2.31 bits per heavy atom. The Morgan fingerprint density at radius 1 is 1.31 bits per heavy atom. The van der Waals surface area contributed by atoms with Crippen LogP contribution in [0.3, 0.4) is 0 Å². The zero-order valence-electron chi connectivity index (χ0n) is 10.2. The van der Waals surface area contributed by atoms with E-state index in [1.165, 1.54) is 0 Å². The highest BCUT2D eigenvalue weighted by atomic mass is 16.4. The molecular formula is C11H20N2O3. The van der Waals surface area contributed by atoms with E-state index in [0.29, 0.717) is 12.1 Å². The van der Waals surface area contributed by atoms with Gasteiger partial charge in [0, 0.05) is 18.7 Å². The SMILES string of the molecule is CC(=CC(=O)O)CNC(C)C(=O)NC(C)C. The number of amides is 1. The molecule has 1 amide bonds. The van der Waals surface area contributed by atoms with Crippen LogP contribution in [0.4, 0.5) is 0 Å². The highest BCUT2D eigenvalue weighted by Crippen LogP contribution is 1.92. The average Bonchev–Trinajstić information content (AvgIpc) is 2.11. The van der Waals surface area contributed by atoms with Crippen LogP contribution in [0.1, 0.15) is 27.7 Å². The number of hydrogen-bond donors (Lipinski definition) is 3. The van der Waals surface area contributed by atoms with E-state index in [2.05, 4.69) is 10.6 Å². The number of hydrogen-bond acceptors (Lipinski definition) is 3. The Morgan fingerprint density at radius 2 is 1.88 bits per heavy atom. The lowest BCUT2D eigenvalue weighted by Crippen LogP contribution is -2.45. The summed E-state index contributed by atoms with van der Waals surface area (Å²) < 4.78 is 0. The van der Waals surface area contributed by atoms with Gasteiger partial charge in [-0.15, -0.1) is 0 Å². The largest absolute Gasteiger partial charge is 0.478 e.